The molecule has 1 aromatic carbocycles. The van der Waals surface area contributed by atoms with E-state index in [1.54, 1.807) is 19.0 Å². The molecule has 1 aromatic heterocycles. The van der Waals surface area contributed by atoms with Crippen LogP contribution >= 0.6 is 39.9 Å². The first-order valence-electron chi connectivity index (χ1n) is 8.91. The highest BCUT2D eigenvalue weighted by Crippen LogP contribution is 2.15. The number of amides is 1. The fraction of sp³-hybridized carbons (Fsp3) is 0.400. The van der Waals surface area contributed by atoms with Gasteiger partial charge in [0.2, 0.25) is 5.91 Å². The second-order valence-electron chi connectivity index (χ2n) is 6.71. The number of guanidine groups is 1. The zero-order valence-electron chi connectivity index (χ0n) is 16.9. The van der Waals surface area contributed by atoms with Crippen molar-refractivity contribution in [2.24, 2.45) is 12.0 Å². The van der Waals surface area contributed by atoms with Crippen LogP contribution in [0.2, 0.25) is 0 Å². The zero-order valence-corrected chi connectivity index (χ0v) is 20.8. The molecule has 2 rings (SSSR count). The molecule has 154 valence electrons. The van der Waals surface area contributed by atoms with E-state index in [4.69, 9.17) is 0 Å². The van der Waals surface area contributed by atoms with E-state index in [2.05, 4.69) is 49.0 Å². The van der Waals surface area contributed by atoms with Crippen LogP contribution in [0.25, 0.3) is 0 Å². The number of halogens is 2. The maximum absolute atomic E-state index is 11.9. The van der Waals surface area contributed by atoms with Gasteiger partial charge >= 0.3 is 0 Å². The molecule has 1 N–H and O–H groups in total. The molecule has 28 heavy (non-hydrogen) atoms. The van der Waals surface area contributed by atoms with Gasteiger partial charge in [0.15, 0.2) is 5.96 Å². The maximum atomic E-state index is 11.9. The van der Waals surface area contributed by atoms with E-state index < -0.39 is 0 Å². The first kappa shape index (κ1) is 24.5. The average molecular weight is 562 g/mol. The van der Waals surface area contributed by atoms with E-state index in [0.717, 1.165) is 29.1 Å². The summed E-state index contributed by atoms with van der Waals surface area (Å²) in [6.07, 6.45) is 2.92. The molecule has 0 bridgehead atoms. The second kappa shape index (κ2) is 12.1. The van der Waals surface area contributed by atoms with Crippen molar-refractivity contribution < 1.29 is 4.79 Å². The van der Waals surface area contributed by atoms with Crippen molar-refractivity contribution in [3.8, 4) is 0 Å². The SMILES string of the molecule is CN(C)C(=O)CN=C(NCCc1ccccc1)N(C)Cc1cc(Br)cn1C.I. The van der Waals surface area contributed by atoms with Gasteiger partial charge in [-0.1, -0.05) is 30.3 Å². The molecule has 0 saturated heterocycles. The van der Waals surface area contributed by atoms with Crippen molar-refractivity contribution in [1.29, 1.82) is 0 Å². The number of carbonyl (C=O) groups excluding carboxylic acids is 1. The van der Waals surface area contributed by atoms with Gasteiger partial charge in [-0.25, -0.2) is 4.99 Å². The number of hydrogen-bond acceptors (Lipinski definition) is 2. The van der Waals surface area contributed by atoms with E-state index in [1.807, 2.05) is 43.4 Å². The highest BCUT2D eigenvalue weighted by atomic mass is 127. The lowest BCUT2D eigenvalue weighted by Crippen LogP contribution is -2.40. The van der Waals surface area contributed by atoms with Crippen molar-refractivity contribution in [3.63, 3.8) is 0 Å². The average Bonchev–Trinajstić information content (AvgIpc) is 2.95. The fourth-order valence-corrected chi connectivity index (χ4v) is 3.17. The molecule has 1 amide bonds. The van der Waals surface area contributed by atoms with Crippen LogP contribution in [-0.2, 0) is 24.8 Å². The standard InChI is InChI=1S/C20H28BrN5O.HI/c1-24(2)19(27)13-23-20(22-11-10-16-8-6-5-7-9-16)26(4)15-18-12-17(21)14-25(18)3;/h5-9,12,14H,10-11,13,15H2,1-4H3,(H,22,23);1H. The molecule has 0 spiro atoms. The van der Waals surface area contributed by atoms with Crippen molar-refractivity contribution in [2.45, 2.75) is 13.0 Å². The minimum absolute atomic E-state index is 0. The van der Waals surface area contributed by atoms with Gasteiger partial charge in [0.05, 0.1) is 6.54 Å². The maximum Gasteiger partial charge on any atom is 0.243 e. The van der Waals surface area contributed by atoms with Crippen LogP contribution in [0.5, 0.6) is 0 Å². The second-order valence-corrected chi connectivity index (χ2v) is 7.62. The molecule has 0 saturated carbocycles. The van der Waals surface area contributed by atoms with Crippen molar-refractivity contribution in [1.82, 2.24) is 19.7 Å². The lowest BCUT2D eigenvalue weighted by atomic mass is 10.1. The predicted octanol–water partition coefficient (Wildman–Crippen LogP) is 3.11. The molecule has 0 aliphatic rings. The summed E-state index contributed by atoms with van der Waals surface area (Å²) in [6, 6.07) is 12.4. The topological polar surface area (TPSA) is 52.9 Å². The van der Waals surface area contributed by atoms with Gasteiger partial charge in [0.25, 0.3) is 0 Å². The van der Waals surface area contributed by atoms with Crippen LogP contribution < -0.4 is 5.32 Å². The van der Waals surface area contributed by atoms with E-state index in [-0.39, 0.29) is 36.4 Å². The molecule has 8 heteroatoms. The minimum atomic E-state index is -0.0210. The number of carbonyl (C=O) groups is 1. The van der Waals surface area contributed by atoms with Crippen LogP contribution in [0.1, 0.15) is 11.3 Å². The smallest absolute Gasteiger partial charge is 0.243 e. The van der Waals surface area contributed by atoms with E-state index in [1.165, 1.54) is 5.56 Å². The van der Waals surface area contributed by atoms with Crippen molar-refractivity contribution in [3.05, 3.63) is 58.3 Å². The number of nitrogens with one attached hydrogen (secondary N) is 1. The molecule has 0 aliphatic heterocycles. The molecule has 0 fully saturated rings. The van der Waals surface area contributed by atoms with Crippen molar-refractivity contribution >= 4 is 51.8 Å². The number of aryl methyl sites for hydroxylation is 1. The molecular weight excluding hydrogens is 533 g/mol. The molecule has 0 unspecified atom stereocenters. The Labute approximate surface area is 193 Å². The van der Waals surface area contributed by atoms with Gasteiger partial charge in [0.1, 0.15) is 6.54 Å². The summed E-state index contributed by atoms with van der Waals surface area (Å²) in [4.78, 5) is 20.1. The Hall–Kier alpha value is -1.55. The summed E-state index contributed by atoms with van der Waals surface area (Å²) in [7, 11) is 7.48. The Morgan fingerprint density at radius 1 is 1.21 bits per heavy atom. The van der Waals surface area contributed by atoms with Gasteiger partial charge in [-0.15, -0.1) is 24.0 Å². The third kappa shape index (κ3) is 7.83. The Bertz CT molecular complexity index is 776. The number of likely N-dealkylation sites (N-methyl/N-ethyl adjacent to an activating group) is 1. The normalized spacial score (nSPS) is 11.0. The molecule has 1 heterocycles. The van der Waals surface area contributed by atoms with E-state index in [9.17, 15) is 4.79 Å². The lowest BCUT2D eigenvalue weighted by Gasteiger charge is -2.23. The molecule has 0 aliphatic carbocycles. The Kier molecular flexibility index (Phi) is 10.6. The highest BCUT2D eigenvalue weighted by Gasteiger charge is 2.11. The van der Waals surface area contributed by atoms with Gasteiger partial charge < -0.3 is 19.7 Å². The zero-order chi connectivity index (χ0) is 19.8. The van der Waals surface area contributed by atoms with Gasteiger partial charge in [0, 0.05) is 51.1 Å². The monoisotopic (exact) mass is 561 g/mol. The largest absolute Gasteiger partial charge is 0.356 e. The summed E-state index contributed by atoms with van der Waals surface area (Å²) < 4.78 is 3.12. The Morgan fingerprint density at radius 3 is 2.46 bits per heavy atom. The highest BCUT2D eigenvalue weighted by molar-refractivity contribution is 14.0. The minimum Gasteiger partial charge on any atom is -0.356 e. The number of nitrogens with zero attached hydrogens (tertiary/aromatic N) is 4. The Morgan fingerprint density at radius 2 is 1.89 bits per heavy atom. The molecule has 6 nitrogen and oxygen atoms in total. The first-order valence-corrected chi connectivity index (χ1v) is 9.70. The fourth-order valence-electron chi connectivity index (χ4n) is 2.60. The third-order valence-corrected chi connectivity index (χ3v) is 4.67. The summed E-state index contributed by atoms with van der Waals surface area (Å²) >= 11 is 3.51. The number of rotatable bonds is 7. The summed E-state index contributed by atoms with van der Waals surface area (Å²) in [5, 5.41) is 3.39. The lowest BCUT2D eigenvalue weighted by molar-refractivity contribution is -0.127. The molecule has 0 atom stereocenters. The van der Waals surface area contributed by atoms with Crippen LogP contribution in [-0.4, -0.2) is 60.5 Å². The van der Waals surface area contributed by atoms with E-state index in [0.29, 0.717) is 6.54 Å². The first-order chi connectivity index (χ1) is 12.9. The summed E-state index contributed by atoms with van der Waals surface area (Å²) in [6.45, 7) is 1.57. The van der Waals surface area contributed by atoms with Crippen LogP contribution in [0.15, 0.2) is 52.1 Å². The van der Waals surface area contributed by atoms with Crippen LogP contribution in [0.4, 0.5) is 0 Å². The van der Waals surface area contributed by atoms with Gasteiger partial charge in [-0.05, 0) is 34.0 Å². The number of hydrogen-bond donors (Lipinski definition) is 1. The predicted molar refractivity (Wildman–Crippen MR) is 129 cm³/mol. The molecule has 0 radical (unpaired) electrons. The van der Waals surface area contributed by atoms with Gasteiger partial charge in [-0.2, -0.15) is 0 Å². The summed E-state index contributed by atoms with van der Waals surface area (Å²) in [5.74, 6) is 0.700. The number of aromatic nitrogens is 1. The summed E-state index contributed by atoms with van der Waals surface area (Å²) in [5.41, 5.74) is 2.42. The molecule has 2 aromatic rings. The van der Waals surface area contributed by atoms with Crippen LogP contribution in [0, 0.1) is 0 Å². The van der Waals surface area contributed by atoms with Crippen molar-refractivity contribution in [2.75, 3.05) is 34.2 Å². The Balaban J connectivity index is 0.00000392. The number of aliphatic imine (C=N–C) groups is 1. The van der Waals surface area contributed by atoms with E-state index >= 15 is 0 Å². The third-order valence-electron chi connectivity index (χ3n) is 4.24. The molecular formula is C20H29BrIN5O. The van der Waals surface area contributed by atoms with Gasteiger partial charge in [-0.3, -0.25) is 4.79 Å². The number of benzene rings is 1. The van der Waals surface area contributed by atoms with Crippen LogP contribution in [0.3, 0.4) is 0 Å². The quantitative estimate of drug-likeness (QED) is 0.321.